The SMILES string of the molecule is COc1cc(CC(=O)NC(C)c2ccc(Br)cc2OCCCO)ccc1O. The van der Waals surface area contributed by atoms with Crippen molar-refractivity contribution in [2.75, 3.05) is 20.3 Å². The number of rotatable bonds is 9. The zero-order chi connectivity index (χ0) is 19.8. The van der Waals surface area contributed by atoms with Gasteiger partial charge in [0.25, 0.3) is 0 Å². The fourth-order valence-electron chi connectivity index (χ4n) is 2.63. The van der Waals surface area contributed by atoms with E-state index in [2.05, 4.69) is 21.2 Å². The summed E-state index contributed by atoms with van der Waals surface area (Å²) in [4.78, 5) is 12.4. The van der Waals surface area contributed by atoms with Crippen molar-refractivity contribution in [3.05, 3.63) is 52.0 Å². The van der Waals surface area contributed by atoms with Crippen molar-refractivity contribution in [3.8, 4) is 17.2 Å². The van der Waals surface area contributed by atoms with E-state index < -0.39 is 0 Å². The molecule has 0 spiro atoms. The van der Waals surface area contributed by atoms with Gasteiger partial charge in [0.1, 0.15) is 5.75 Å². The van der Waals surface area contributed by atoms with E-state index in [0.717, 1.165) is 15.6 Å². The number of ether oxygens (including phenoxy) is 2. The third-order valence-corrected chi connectivity index (χ3v) is 4.48. The van der Waals surface area contributed by atoms with Crippen LogP contribution in [0.1, 0.15) is 30.5 Å². The summed E-state index contributed by atoms with van der Waals surface area (Å²) in [5, 5.41) is 21.5. The van der Waals surface area contributed by atoms with E-state index in [1.165, 1.54) is 13.2 Å². The quantitative estimate of drug-likeness (QED) is 0.523. The fourth-order valence-corrected chi connectivity index (χ4v) is 2.97. The van der Waals surface area contributed by atoms with E-state index >= 15 is 0 Å². The molecule has 7 heteroatoms. The molecule has 3 N–H and O–H groups in total. The summed E-state index contributed by atoms with van der Waals surface area (Å²) in [7, 11) is 1.47. The number of carbonyl (C=O) groups excluding carboxylic acids is 1. The molecule has 0 aliphatic heterocycles. The Bertz CT molecular complexity index is 781. The minimum Gasteiger partial charge on any atom is -0.504 e. The summed E-state index contributed by atoms with van der Waals surface area (Å²) in [5.41, 5.74) is 1.59. The highest BCUT2D eigenvalue weighted by atomic mass is 79.9. The minimum absolute atomic E-state index is 0.0366. The van der Waals surface area contributed by atoms with E-state index in [-0.39, 0.29) is 30.7 Å². The standard InChI is InChI=1S/C20H24BrNO5/c1-13(16-6-5-15(21)12-18(16)27-9-3-8-23)22-20(25)11-14-4-7-17(24)19(10-14)26-2/h4-7,10,12-13,23-24H,3,8-9,11H2,1-2H3,(H,22,25). The molecule has 0 saturated carbocycles. The number of aromatic hydroxyl groups is 1. The van der Waals surface area contributed by atoms with Crippen molar-refractivity contribution in [1.82, 2.24) is 5.32 Å². The minimum atomic E-state index is -0.256. The number of aliphatic hydroxyl groups excluding tert-OH is 1. The van der Waals surface area contributed by atoms with E-state index in [1.54, 1.807) is 12.1 Å². The number of halogens is 1. The molecule has 0 aliphatic rings. The van der Waals surface area contributed by atoms with E-state index in [1.807, 2.05) is 25.1 Å². The van der Waals surface area contributed by atoms with Gasteiger partial charge < -0.3 is 25.0 Å². The molecule has 2 aromatic rings. The highest BCUT2D eigenvalue weighted by Gasteiger charge is 2.16. The molecule has 0 aromatic heterocycles. The summed E-state index contributed by atoms with van der Waals surface area (Å²) in [6.07, 6.45) is 0.702. The highest BCUT2D eigenvalue weighted by Crippen LogP contribution is 2.29. The molecule has 0 heterocycles. The highest BCUT2D eigenvalue weighted by molar-refractivity contribution is 9.10. The van der Waals surface area contributed by atoms with Crippen LogP contribution in [0.4, 0.5) is 0 Å². The normalized spacial score (nSPS) is 11.7. The third-order valence-electron chi connectivity index (χ3n) is 3.99. The number of nitrogens with one attached hydrogen (secondary N) is 1. The predicted molar refractivity (Wildman–Crippen MR) is 106 cm³/mol. The maximum Gasteiger partial charge on any atom is 0.224 e. The van der Waals surface area contributed by atoms with Gasteiger partial charge >= 0.3 is 0 Å². The summed E-state index contributed by atoms with van der Waals surface area (Å²) in [6.45, 7) is 2.34. The second kappa shape index (κ2) is 10.2. The van der Waals surface area contributed by atoms with Crippen LogP contribution in [0, 0.1) is 0 Å². The number of benzene rings is 2. The maximum atomic E-state index is 12.4. The molecule has 0 radical (unpaired) electrons. The Labute approximate surface area is 167 Å². The summed E-state index contributed by atoms with van der Waals surface area (Å²) in [5.74, 6) is 0.881. The molecule has 0 fully saturated rings. The summed E-state index contributed by atoms with van der Waals surface area (Å²) in [6, 6.07) is 10.2. The molecule has 2 aromatic carbocycles. The van der Waals surface area contributed by atoms with E-state index in [9.17, 15) is 9.90 Å². The fraction of sp³-hybridized carbons (Fsp3) is 0.350. The molecule has 6 nitrogen and oxygen atoms in total. The Balaban J connectivity index is 2.05. The smallest absolute Gasteiger partial charge is 0.224 e. The number of hydrogen-bond donors (Lipinski definition) is 3. The van der Waals surface area contributed by atoms with Crippen molar-refractivity contribution in [2.45, 2.75) is 25.8 Å². The lowest BCUT2D eigenvalue weighted by atomic mass is 10.1. The van der Waals surface area contributed by atoms with Gasteiger partial charge in [-0.1, -0.05) is 28.1 Å². The summed E-state index contributed by atoms with van der Waals surface area (Å²) >= 11 is 3.42. The average Bonchev–Trinajstić information content (AvgIpc) is 2.63. The first-order valence-corrected chi connectivity index (χ1v) is 9.42. The molecule has 1 unspecified atom stereocenters. The number of amides is 1. The Morgan fingerprint density at radius 3 is 2.70 bits per heavy atom. The number of aliphatic hydroxyl groups is 1. The van der Waals surface area contributed by atoms with Gasteiger partial charge in [-0.05, 0) is 36.8 Å². The molecule has 1 atom stereocenters. The molecule has 1 amide bonds. The molecule has 27 heavy (non-hydrogen) atoms. The zero-order valence-electron chi connectivity index (χ0n) is 15.4. The van der Waals surface area contributed by atoms with Gasteiger partial charge in [0.2, 0.25) is 5.91 Å². The van der Waals surface area contributed by atoms with Crippen molar-refractivity contribution in [2.24, 2.45) is 0 Å². The number of carbonyl (C=O) groups is 1. The van der Waals surface area contributed by atoms with Gasteiger partial charge in [0.15, 0.2) is 11.5 Å². The average molecular weight is 438 g/mol. The van der Waals surface area contributed by atoms with Gasteiger partial charge in [-0.25, -0.2) is 0 Å². The van der Waals surface area contributed by atoms with Crippen LogP contribution in [-0.2, 0) is 11.2 Å². The van der Waals surface area contributed by atoms with Crippen molar-refractivity contribution in [3.63, 3.8) is 0 Å². The lowest BCUT2D eigenvalue weighted by molar-refractivity contribution is -0.121. The Hall–Kier alpha value is -2.25. The van der Waals surface area contributed by atoms with Crippen LogP contribution >= 0.6 is 15.9 Å². The first-order chi connectivity index (χ1) is 12.9. The maximum absolute atomic E-state index is 12.4. The number of phenols is 1. The predicted octanol–water partition coefficient (Wildman–Crippen LogP) is 3.34. The van der Waals surface area contributed by atoms with Crippen LogP contribution in [0.5, 0.6) is 17.2 Å². The van der Waals surface area contributed by atoms with Crippen LogP contribution in [0.2, 0.25) is 0 Å². The van der Waals surface area contributed by atoms with Crippen LogP contribution in [0.15, 0.2) is 40.9 Å². The Morgan fingerprint density at radius 1 is 1.22 bits per heavy atom. The molecule has 146 valence electrons. The van der Waals surface area contributed by atoms with Gasteiger partial charge in [-0.15, -0.1) is 0 Å². The van der Waals surface area contributed by atoms with Crippen molar-refractivity contribution < 1.29 is 24.5 Å². The Morgan fingerprint density at radius 2 is 2.00 bits per heavy atom. The van der Waals surface area contributed by atoms with Crippen molar-refractivity contribution >= 4 is 21.8 Å². The van der Waals surface area contributed by atoms with Gasteiger partial charge in [-0.3, -0.25) is 4.79 Å². The Kier molecular flexibility index (Phi) is 7.94. The van der Waals surface area contributed by atoms with Gasteiger partial charge in [-0.2, -0.15) is 0 Å². The first kappa shape index (κ1) is 21.1. The third kappa shape index (κ3) is 6.15. The van der Waals surface area contributed by atoms with Gasteiger partial charge in [0, 0.05) is 23.1 Å². The number of hydrogen-bond acceptors (Lipinski definition) is 5. The second-order valence-corrected chi connectivity index (χ2v) is 7.00. The monoisotopic (exact) mass is 437 g/mol. The van der Waals surface area contributed by atoms with Crippen LogP contribution in [0.3, 0.4) is 0 Å². The molecular formula is C20H24BrNO5. The molecule has 2 rings (SSSR count). The lowest BCUT2D eigenvalue weighted by Crippen LogP contribution is -2.28. The zero-order valence-corrected chi connectivity index (χ0v) is 17.0. The first-order valence-electron chi connectivity index (χ1n) is 8.63. The van der Waals surface area contributed by atoms with Crippen LogP contribution in [0.25, 0.3) is 0 Å². The topological polar surface area (TPSA) is 88.0 Å². The van der Waals surface area contributed by atoms with Crippen LogP contribution < -0.4 is 14.8 Å². The molecule has 0 bridgehead atoms. The van der Waals surface area contributed by atoms with Crippen molar-refractivity contribution in [1.29, 1.82) is 0 Å². The lowest BCUT2D eigenvalue weighted by Gasteiger charge is -2.19. The summed E-state index contributed by atoms with van der Waals surface area (Å²) < 4.78 is 11.7. The van der Waals surface area contributed by atoms with E-state index in [0.29, 0.717) is 24.5 Å². The second-order valence-electron chi connectivity index (χ2n) is 6.08. The number of phenolic OH excluding ortho intramolecular Hbond substituents is 1. The van der Waals surface area contributed by atoms with E-state index in [4.69, 9.17) is 14.6 Å². The molecule has 0 aliphatic carbocycles. The number of methoxy groups -OCH3 is 1. The molecule has 0 saturated heterocycles. The molecular weight excluding hydrogens is 414 g/mol. The largest absolute Gasteiger partial charge is 0.504 e. The van der Waals surface area contributed by atoms with Crippen LogP contribution in [-0.4, -0.2) is 36.4 Å². The van der Waals surface area contributed by atoms with Gasteiger partial charge in [0.05, 0.1) is 26.2 Å².